The molecule has 3 nitrogen and oxygen atoms in total. The lowest BCUT2D eigenvalue weighted by atomic mass is 9.81. The van der Waals surface area contributed by atoms with Crippen molar-refractivity contribution in [2.24, 2.45) is 5.92 Å². The van der Waals surface area contributed by atoms with Crippen LogP contribution in [0.1, 0.15) is 57.3 Å². The smallest absolute Gasteiger partial charge is 0.0847 e. The second-order valence-corrected chi connectivity index (χ2v) is 6.35. The molecule has 2 unspecified atom stereocenters. The number of aryl methyl sites for hydroxylation is 2. The molecular formula is C16H28ClN3. The van der Waals surface area contributed by atoms with E-state index in [1.807, 2.05) is 6.92 Å². The van der Waals surface area contributed by atoms with E-state index in [9.17, 15) is 0 Å². The van der Waals surface area contributed by atoms with Crippen LogP contribution in [0.25, 0.3) is 0 Å². The van der Waals surface area contributed by atoms with Crippen LogP contribution in [0.2, 0.25) is 5.02 Å². The second kappa shape index (κ2) is 7.46. The van der Waals surface area contributed by atoms with Crippen LogP contribution in [0.3, 0.4) is 0 Å². The van der Waals surface area contributed by atoms with Gasteiger partial charge in [0.15, 0.2) is 0 Å². The van der Waals surface area contributed by atoms with Gasteiger partial charge >= 0.3 is 0 Å². The first kappa shape index (κ1) is 15.8. The van der Waals surface area contributed by atoms with Crippen molar-refractivity contribution in [2.75, 3.05) is 6.54 Å². The lowest BCUT2D eigenvalue weighted by Gasteiger charge is -2.32. The van der Waals surface area contributed by atoms with E-state index in [1.165, 1.54) is 37.8 Å². The molecule has 4 heteroatoms. The minimum atomic E-state index is 0.653. The van der Waals surface area contributed by atoms with Gasteiger partial charge in [-0.3, -0.25) is 4.68 Å². The summed E-state index contributed by atoms with van der Waals surface area (Å²) < 4.78 is 2.09. The van der Waals surface area contributed by atoms with Crippen LogP contribution < -0.4 is 5.32 Å². The summed E-state index contributed by atoms with van der Waals surface area (Å²) in [6, 6.07) is 0.653. The topological polar surface area (TPSA) is 29.9 Å². The predicted octanol–water partition coefficient (Wildman–Crippen LogP) is 3.97. The third-order valence-electron chi connectivity index (χ3n) is 4.47. The molecule has 0 aromatic carbocycles. The number of hydrogen-bond acceptors (Lipinski definition) is 2. The van der Waals surface area contributed by atoms with E-state index in [0.717, 1.165) is 30.2 Å². The van der Waals surface area contributed by atoms with Gasteiger partial charge in [0.25, 0.3) is 0 Å². The second-order valence-electron chi connectivity index (χ2n) is 5.97. The van der Waals surface area contributed by atoms with Crippen molar-refractivity contribution in [3.05, 3.63) is 16.4 Å². The molecule has 1 aliphatic rings. The summed E-state index contributed by atoms with van der Waals surface area (Å²) in [6.07, 6.45) is 7.60. The van der Waals surface area contributed by atoms with Crippen LogP contribution in [-0.4, -0.2) is 22.4 Å². The number of halogens is 1. The number of aromatic nitrogens is 2. The van der Waals surface area contributed by atoms with Crippen LogP contribution in [0.5, 0.6) is 0 Å². The lowest BCUT2D eigenvalue weighted by Crippen LogP contribution is -2.40. The summed E-state index contributed by atoms with van der Waals surface area (Å²) >= 11 is 6.46. The molecule has 0 amide bonds. The zero-order chi connectivity index (χ0) is 14.5. The fourth-order valence-corrected chi connectivity index (χ4v) is 3.58. The van der Waals surface area contributed by atoms with Crippen LogP contribution in [-0.2, 0) is 13.0 Å². The van der Waals surface area contributed by atoms with E-state index in [4.69, 9.17) is 11.6 Å². The van der Waals surface area contributed by atoms with Crippen molar-refractivity contribution in [1.29, 1.82) is 0 Å². The molecule has 114 valence electrons. The number of nitrogens with zero attached hydrogens (tertiary/aromatic N) is 2. The fraction of sp³-hybridized carbons (Fsp3) is 0.812. The molecule has 0 aliphatic heterocycles. The van der Waals surface area contributed by atoms with Gasteiger partial charge < -0.3 is 5.32 Å². The summed E-state index contributed by atoms with van der Waals surface area (Å²) in [5.74, 6) is 0.703. The number of rotatable bonds is 6. The fourth-order valence-electron chi connectivity index (χ4n) is 3.36. The van der Waals surface area contributed by atoms with Gasteiger partial charge in [0.05, 0.1) is 16.4 Å². The molecule has 1 heterocycles. The van der Waals surface area contributed by atoms with E-state index in [-0.39, 0.29) is 0 Å². The maximum absolute atomic E-state index is 6.46. The predicted molar refractivity (Wildman–Crippen MR) is 85.4 cm³/mol. The van der Waals surface area contributed by atoms with Crippen molar-refractivity contribution in [2.45, 2.75) is 71.9 Å². The zero-order valence-electron chi connectivity index (χ0n) is 13.1. The van der Waals surface area contributed by atoms with E-state index >= 15 is 0 Å². The Morgan fingerprint density at radius 2 is 2.05 bits per heavy atom. The highest BCUT2D eigenvalue weighted by atomic mass is 35.5. The van der Waals surface area contributed by atoms with E-state index in [2.05, 4.69) is 28.9 Å². The van der Waals surface area contributed by atoms with Gasteiger partial charge in [-0.1, -0.05) is 31.4 Å². The first-order chi connectivity index (χ1) is 9.67. The molecule has 1 fully saturated rings. The molecule has 1 aromatic heterocycles. The Balaban J connectivity index is 2.10. The molecule has 1 saturated carbocycles. The van der Waals surface area contributed by atoms with Crippen LogP contribution in [0.15, 0.2) is 0 Å². The zero-order valence-corrected chi connectivity index (χ0v) is 13.8. The minimum Gasteiger partial charge on any atom is -0.314 e. The van der Waals surface area contributed by atoms with Gasteiger partial charge in [-0.15, -0.1) is 0 Å². The standard InChI is InChI=1S/C16H28ClN3/c1-4-10-18-14-9-7-6-8-13(14)11-15-16(17)12(3)19-20(15)5-2/h13-14,18H,4-11H2,1-3H3. The number of hydrogen-bond donors (Lipinski definition) is 1. The highest BCUT2D eigenvalue weighted by Crippen LogP contribution is 2.31. The Kier molecular flexibility index (Phi) is 5.91. The maximum Gasteiger partial charge on any atom is 0.0847 e. The molecule has 1 N–H and O–H groups in total. The summed E-state index contributed by atoms with van der Waals surface area (Å²) in [4.78, 5) is 0. The average molecular weight is 298 g/mol. The molecule has 0 saturated heterocycles. The largest absolute Gasteiger partial charge is 0.314 e. The maximum atomic E-state index is 6.46. The molecule has 1 aliphatic carbocycles. The lowest BCUT2D eigenvalue weighted by molar-refractivity contribution is 0.257. The quantitative estimate of drug-likeness (QED) is 0.861. The monoisotopic (exact) mass is 297 g/mol. The highest BCUT2D eigenvalue weighted by molar-refractivity contribution is 6.31. The van der Waals surface area contributed by atoms with Gasteiger partial charge in [0.1, 0.15) is 0 Å². The Morgan fingerprint density at radius 3 is 2.75 bits per heavy atom. The third-order valence-corrected chi connectivity index (χ3v) is 4.97. The normalized spacial score (nSPS) is 23.2. The summed E-state index contributed by atoms with van der Waals surface area (Å²) in [6.45, 7) is 8.41. The van der Waals surface area contributed by atoms with Crippen molar-refractivity contribution in [1.82, 2.24) is 15.1 Å². The molecule has 0 bridgehead atoms. The first-order valence-corrected chi connectivity index (χ1v) is 8.50. The van der Waals surface area contributed by atoms with Gasteiger partial charge in [-0.05, 0) is 52.0 Å². The molecule has 1 aromatic rings. The van der Waals surface area contributed by atoms with Gasteiger partial charge in [0, 0.05) is 12.6 Å². The Morgan fingerprint density at radius 1 is 1.30 bits per heavy atom. The van der Waals surface area contributed by atoms with E-state index < -0.39 is 0 Å². The van der Waals surface area contributed by atoms with Crippen LogP contribution in [0, 0.1) is 12.8 Å². The molecule has 0 radical (unpaired) electrons. The van der Waals surface area contributed by atoms with Crippen LogP contribution in [0.4, 0.5) is 0 Å². The first-order valence-electron chi connectivity index (χ1n) is 8.12. The molecule has 0 spiro atoms. The summed E-state index contributed by atoms with van der Waals surface area (Å²) in [5, 5.41) is 9.16. The number of nitrogens with one attached hydrogen (secondary N) is 1. The van der Waals surface area contributed by atoms with Gasteiger partial charge in [0.2, 0.25) is 0 Å². The van der Waals surface area contributed by atoms with Crippen molar-refractivity contribution in [3.8, 4) is 0 Å². The Hall–Kier alpha value is -0.540. The molecule has 2 atom stereocenters. The Labute approximate surface area is 128 Å². The Bertz CT molecular complexity index is 428. The van der Waals surface area contributed by atoms with Gasteiger partial charge in [-0.25, -0.2) is 0 Å². The van der Waals surface area contributed by atoms with E-state index in [1.54, 1.807) is 0 Å². The molecule has 2 rings (SSSR count). The van der Waals surface area contributed by atoms with Crippen molar-refractivity contribution < 1.29 is 0 Å². The van der Waals surface area contributed by atoms with E-state index in [0.29, 0.717) is 12.0 Å². The average Bonchev–Trinajstić information content (AvgIpc) is 2.74. The highest BCUT2D eigenvalue weighted by Gasteiger charge is 2.27. The van der Waals surface area contributed by atoms with Crippen LogP contribution >= 0.6 is 11.6 Å². The van der Waals surface area contributed by atoms with Gasteiger partial charge in [-0.2, -0.15) is 5.10 Å². The molecular weight excluding hydrogens is 270 g/mol. The summed E-state index contributed by atoms with van der Waals surface area (Å²) in [5.41, 5.74) is 2.21. The van der Waals surface area contributed by atoms with Crippen molar-refractivity contribution in [3.63, 3.8) is 0 Å². The third kappa shape index (κ3) is 3.56. The molecule has 20 heavy (non-hydrogen) atoms. The SMILES string of the molecule is CCCNC1CCCCC1Cc1c(Cl)c(C)nn1CC. The minimum absolute atomic E-state index is 0.653. The summed E-state index contributed by atoms with van der Waals surface area (Å²) in [7, 11) is 0. The van der Waals surface area contributed by atoms with Crippen molar-refractivity contribution >= 4 is 11.6 Å².